The Kier molecular flexibility index (Phi) is 3.41. The first-order valence-corrected chi connectivity index (χ1v) is 5.58. The van der Waals surface area contributed by atoms with Gasteiger partial charge >= 0.3 is 0 Å². The Hall–Kier alpha value is -2.17. The van der Waals surface area contributed by atoms with Gasteiger partial charge in [0.2, 0.25) is 0 Å². The molecule has 0 atom stereocenters. The molecule has 18 heavy (non-hydrogen) atoms. The molecular formula is C13H13FN2O2. The van der Waals surface area contributed by atoms with E-state index in [9.17, 15) is 9.18 Å². The van der Waals surface area contributed by atoms with Crippen molar-refractivity contribution in [1.29, 1.82) is 0 Å². The number of benzene rings is 1. The van der Waals surface area contributed by atoms with Crippen LogP contribution >= 0.6 is 0 Å². The number of nitrogens with one attached hydrogen (secondary N) is 1. The molecule has 0 saturated carbocycles. The smallest absolute Gasteiger partial charge is 0.251 e. The largest absolute Gasteiger partial charge is 0.494 e. The Balaban J connectivity index is 2.61. The van der Waals surface area contributed by atoms with Gasteiger partial charge in [-0.05, 0) is 12.1 Å². The fourth-order valence-corrected chi connectivity index (χ4v) is 1.68. The summed E-state index contributed by atoms with van der Waals surface area (Å²) in [6.07, 6.45) is 0.578. The number of aryl methyl sites for hydroxylation is 1. The van der Waals surface area contributed by atoms with Crippen LogP contribution in [0.5, 0.6) is 5.75 Å². The van der Waals surface area contributed by atoms with Gasteiger partial charge in [0.15, 0.2) is 11.6 Å². The van der Waals surface area contributed by atoms with Crippen molar-refractivity contribution in [3.8, 4) is 17.0 Å². The van der Waals surface area contributed by atoms with Gasteiger partial charge in [-0.2, -0.15) is 0 Å². The molecule has 0 bridgehead atoms. The summed E-state index contributed by atoms with van der Waals surface area (Å²) in [7, 11) is 1.39. The number of hydrogen-bond acceptors (Lipinski definition) is 3. The summed E-state index contributed by atoms with van der Waals surface area (Å²) in [5, 5.41) is 0. The SMILES string of the molecule is CCc1nc(-c2cccc(OC)c2F)cc(=O)[nH]1. The van der Waals surface area contributed by atoms with Crippen molar-refractivity contribution in [1.82, 2.24) is 9.97 Å². The zero-order chi connectivity index (χ0) is 13.1. The summed E-state index contributed by atoms with van der Waals surface area (Å²) in [5.74, 6) is 0.146. The summed E-state index contributed by atoms with van der Waals surface area (Å²) in [4.78, 5) is 18.3. The van der Waals surface area contributed by atoms with E-state index in [0.717, 1.165) is 0 Å². The third-order valence-corrected chi connectivity index (χ3v) is 2.58. The Morgan fingerprint density at radius 1 is 1.44 bits per heavy atom. The fourth-order valence-electron chi connectivity index (χ4n) is 1.68. The average molecular weight is 248 g/mol. The van der Waals surface area contributed by atoms with E-state index in [1.54, 1.807) is 12.1 Å². The first kappa shape index (κ1) is 12.3. The van der Waals surface area contributed by atoms with Crippen molar-refractivity contribution >= 4 is 0 Å². The number of aromatic amines is 1. The molecular weight excluding hydrogens is 235 g/mol. The average Bonchev–Trinajstić information content (AvgIpc) is 2.38. The minimum absolute atomic E-state index is 0.132. The highest BCUT2D eigenvalue weighted by Gasteiger charge is 2.12. The first-order chi connectivity index (χ1) is 8.65. The lowest BCUT2D eigenvalue weighted by molar-refractivity contribution is 0.387. The number of nitrogens with zero attached hydrogens (tertiary/aromatic N) is 1. The molecule has 5 heteroatoms. The molecule has 1 heterocycles. The third-order valence-electron chi connectivity index (χ3n) is 2.58. The van der Waals surface area contributed by atoms with Gasteiger partial charge in [-0.1, -0.05) is 13.0 Å². The van der Waals surface area contributed by atoms with Crippen molar-refractivity contribution in [2.24, 2.45) is 0 Å². The summed E-state index contributed by atoms with van der Waals surface area (Å²) in [5.41, 5.74) is 0.279. The fraction of sp³-hybridized carbons (Fsp3) is 0.231. The van der Waals surface area contributed by atoms with Crippen LogP contribution in [0.2, 0.25) is 0 Å². The second-order valence-electron chi connectivity index (χ2n) is 3.75. The second kappa shape index (κ2) is 5.00. The standard InChI is InChI=1S/C13H13FN2O2/c1-3-11-15-9(7-12(17)16-11)8-5-4-6-10(18-2)13(8)14/h4-7H,3H2,1-2H3,(H,15,16,17). The van der Waals surface area contributed by atoms with Crippen LogP contribution in [-0.2, 0) is 6.42 Å². The molecule has 0 unspecified atom stereocenters. The normalized spacial score (nSPS) is 10.4. The Morgan fingerprint density at radius 2 is 2.22 bits per heavy atom. The highest BCUT2D eigenvalue weighted by atomic mass is 19.1. The van der Waals surface area contributed by atoms with E-state index in [-0.39, 0.29) is 16.9 Å². The van der Waals surface area contributed by atoms with Crippen molar-refractivity contribution in [3.05, 3.63) is 46.3 Å². The lowest BCUT2D eigenvalue weighted by Crippen LogP contribution is -2.10. The van der Waals surface area contributed by atoms with Crippen molar-refractivity contribution in [3.63, 3.8) is 0 Å². The van der Waals surface area contributed by atoms with Gasteiger partial charge in [0.25, 0.3) is 5.56 Å². The van der Waals surface area contributed by atoms with Gasteiger partial charge in [0.05, 0.1) is 12.8 Å². The third kappa shape index (κ3) is 2.25. The number of hydrogen-bond donors (Lipinski definition) is 1. The summed E-state index contributed by atoms with van der Waals surface area (Å²) < 4.78 is 19.0. The minimum Gasteiger partial charge on any atom is -0.494 e. The molecule has 94 valence electrons. The molecule has 0 aliphatic carbocycles. The molecule has 0 saturated heterocycles. The van der Waals surface area contributed by atoms with Crippen LogP contribution in [-0.4, -0.2) is 17.1 Å². The maximum Gasteiger partial charge on any atom is 0.251 e. The number of halogens is 1. The van der Waals surface area contributed by atoms with E-state index in [1.165, 1.54) is 19.2 Å². The lowest BCUT2D eigenvalue weighted by atomic mass is 10.1. The molecule has 0 radical (unpaired) electrons. The van der Waals surface area contributed by atoms with Crippen LogP contribution in [0.4, 0.5) is 4.39 Å². The molecule has 0 fully saturated rings. The molecule has 0 aliphatic rings. The van der Waals surface area contributed by atoms with E-state index in [2.05, 4.69) is 9.97 Å². The predicted octanol–water partition coefficient (Wildman–Crippen LogP) is 2.15. The topological polar surface area (TPSA) is 55.0 Å². The van der Waals surface area contributed by atoms with Crippen molar-refractivity contribution < 1.29 is 9.13 Å². The second-order valence-corrected chi connectivity index (χ2v) is 3.75. The number of H-pyrrole nitrogens is 1. The maximum atomic E-state index is 14.0. The van der Waals surface area contributed by atoms with Gasteiger partial charge in [-0.15, -0.1) is 0 Å². The molecule has 4 nitrogen and oxygen atoms in total. The van der Waals surface area contributed by atoms with Crippen molar-refractivity contribution in [2.45, 2.75) is 13.3 Å². The quantitative estimate of drug-likeness (QED) is 0.905. The van der Waals surface area contributed by atoms with Crippen LogP contribution < -0.4 is 10.3 Å². The maximum absolute atomic E-state index is 14.0. The molecule has 0 spiro atoms. The number of ether oxygens (including phenoxy) is 1. The van der Waals surface area contributed by atoms with Gasteiger partial charge in [0, 0.05) is 18.1 Å². The molecule has 2 aromatic rings. The van der Waals surface area contributed by atoms with Crippen LogP contribution in [0.25, 0.3) is 11.3 Å². The number of rotatable bonds is 3. The predicted molar refractivity (Wildman–Crippen MR) is 66.2 cm³/mol. The van der Waals surface area contributed by atoms with E-state index >= 15 is 0 Å². The highest BCUT2D eigenvalue weighted by molar-refractivity contribution is 5.62. The number of methoxy groups -OCH3 is 1. The summed E-state index contributed by atoms with van der Waals surface area (Å²) in [6.45, 7) is 1.87. The van der Waals surface area contributed by atoms with Gasteiger partial charge in [0.1, 0.15) is 5.82 Å². The molecule has 0 aliphatic heterocycles. The zero-order valence-corrected chi connectivity index (χ0v) is 10.2. The Bertz CT molecular complexity index is 623. The van der Waals surface area contributed by atoms with Gasteiger partial charge in [-0.3, -0.25) is 4.79 Å². The molecule has 1 aromatic carbocycles. The lowest BCUT2D eigenvalue weighted by Gasteiger charge is -2.07. The number of aromatic nitrogens is 2. The van der Waals surface area contributed by atoms with E-state index in [0.29, 0.717) is 17.9 Å². The zero-order valence-electron chi connectivity index (χ0n) is 10.2. The van der Waals surface area contributed by atoms with Gasteiger partial charge < -0.3 is 9.72 Å². The van der Waals surface area contributed by atoms with Crippen LogP contribution in [0.3, 0.4) is 0 Å². The van der Waals surface area contributed by atoms with E-state index in [1.807, 2.05) is 6.92 Å². The summed E-state index contributed by atoms with van der Waals surface area (Å²) >= 11 is 0. The van der Waals surface area contributed by atoms with Crippen molar-refractivity contribution in [2.75, 3.05) is 7.11 Å². The van der Waals surface area contributed by atoms with Crippen LogP contribution in [0.1, 0.15) is 12.7 Å². The van der Waals surface area contributed by atoms with Gasteiger partial charge in [-0.25, -0.2) is 9.37 Å². The van der Waals surface area contributed by atoms with Crippen LogP contribution in [0, 0.1) is 5.82 Å². The Morgan fingerprint density at radius 3 is 2.89 bits per heavy atom. The summed E-state index contributed by atoms with van der Waals surface area (Å²) in [6, 6.07) is 6.02. The van der Waals surface area contributed by atoms with E-state index < -0.39 is 5.82 Å². The first-order valence-electron chi connectivity index (χ1n) is 5.58. The van der Waals surface area contributed by atoms with E-state index in [4.69, 9.17) is 4.74 Å². The highest BCUT2D eigenvalue weighted by Crippen LogP contribution is 2.26. The molecule has 0 amide bonds. The molecule has 1 N–H and O–H groups in total. The minimum atomic E-state index is -0.514. The monoisotopic (exact) mass is 248 g/mol. The molecule has 1 aromatic heterocycles. The van der Waals surface area contributed by atoms with Crippen LogP contribution in [0.15, 0.2) is 29.1 Å². The Labute approximate surface area is 103 Å². The molecule has 2 rings (SSSR count).